The average Bonchev–Trinajstić information content (AvgIpc) is 2.55. The molecule has 2 rings (SSSR count). The summed E-state index contributed by atoms with van der Waals surface area (Å²) >= 11 is 0. The predicted octanol–water partition coefficient (Wildman–Crippen LogP) is 3.55. The zero-order valence-corrected chi connectivity index (χ0v) is 12.1. The molecule has 0 unspecified atom stereocenters. The fourth-order valence-corrected chi connectivity index (χ4v) is 2.11. The number of nitrogens with two attached hydrogens (primary N) is 1. The number of hydrogen-bond acceptors (Lipinski definition) is 3. The molecule has 0 spiro atoms. The third-order valence-corrected chi connectivity index (χ3v) is 3.29. The van der Waals surface area contributed by atoms with Gasteiger partial charge in [-0.05, 0) is 29.7 Å². The second-order valence-electron chi connectivity index (χ2n) is 4.81. The Bertz CT molecular complexity index is 644. The van der Waals surface area contributed by atoms with Crippen LogP contribution in [0.4, 0.5) is 8.78 Å². The van der Waals surface area contributed by atoms with Crippen molar-refractivity contribution in [1.29, 1.82) is 0 Å². The first-order valence-electron chi connectivity index (χ1n) is 6.92. The Morgan fingerprint density at radius 2 is 1.77 bits per heavy atom. The molecule has 0 fully saturated rings. The number of rotatable bonds is 5. The van der Waals surface area contributed by atoms with Crippen LogP contribution >= 0.6 is 0 Å². The molecule has 0 saturated carbocycles. The summed E-state index contributed by atoms with van der Waals surface area (Å²) in [5, 5.41) is 0. The SMILES string of the molecule is CCOC(=O)C(F)(F)[C@@H](N)c1cccc(-c2ccccc2)c1. The summed E-state index contributed by atoms with van der Waals surface area (Å²) in [5.41, 5.74) is 7.42. The molecule has 0 aliphatic heterocycles. The van der Waals surface area contributed by atoms with E-state index in [1.807, 2.05) is 30.3 Å². The van der Waals surface area contributed by atoms with Crippen molar-refractivity contribution in [3.63, 3.8) is 0 Å². The van der Waals surface area contributed by atoms with Gasteiger partial charge in [0.1, 0.15) is 6.04 Å². The highest BCUT2D eigenvalue weighted by Gasteiger charge is 2.47. The second kappa shape index (κ2) is 6.66. The van der Waals surface area contributed by atoms with Crippen LogP contribution in [0.2, 0.25) is 0 Å². The molecule has 22 heavy (non-hydrogen) atoms. The number of hydrogen-bond donors (Lipinski definition) is 1. The summed E-state index contributed by atoms with van der Waals surface area (Å²) in [6, 6.07) is 14.0. The highest BCUT2D eigenvalue weighted by atomic mass is 19.3. The molecule has 3 nitrogen and oxygen atoms in total. The van der Waals surface area contributed by atoms with Gasteiger partial charge >= 0.3 is 11.9 Å². The maximum Gasteiger partial charge on any atom is 0.379 e. The molecule has 0 amide bonds. The zero-order chi connectivity index (χ0) is 16.2. The predicted molar refractivity (Wildman–Crippen MR) is 80.4 cm³/mol. The van der Waals surface area contributed by atoms with E-state index in [1.54, 1.807) is 18.2 Å². The molecule has 2 aromatic carbocycles. The lowest BCUT2D eigenvalue weighted by atomic mass is 9.96. The Hall–Kier alpha value is -2.27. The van der Waals surface area contributed by atoms with Crippen LogP contribution in [0.3, 0.4) is 0 Å². The van der Waals surface area contributed by atoms with Gasteiger partial charge in [0.15, 0.2) is 0 Å². The van der Waals surface area contributed by atoms with Gasteiger partial charge in [-0.2, -0.15) is 8.78 Å². The number of carbonyl (C=O) groups is 1. The highest BCUT2D eigenvalue weighted by Crippen LogP contribution is 2.32. The average molecular weight is 305 g/mol. The quantitative estimate of drug-likeness (QED) is 0.859. The lowest BCUT2D eigenvalue weighted by molar-refractivity contribution is -0.174. The Labute approximate surface area is 127 Å². The molecule has 2 aromatic rings. The van der Waals surface area contributed by atoms with Gasteiger partial charge in [0, 0.05) is 0 Å². The normalized spacial score (nSPS) is 12.7. The summed E-state index contributed by atoms with van der Waals surface area (Å²) in [4.78, 5) is 11.4. The van der Waals surface area contributed by atoms with Crippen LogP contribution < -0.4 is 5.73 Å². The minimum atomic E-state index is -3.77. The number of halogens is 2. The van der Waals surface area contributed by atoms with Gasteiger partial charge in [-0.3, -0.25) is 0 Å². The zero-order valence-electron chi connectivity index (χ0n) is 12.1. The van der Waals surface area contributed by atoms with Crippen LogP contribution in [-0.2, 0) is 9.53 Å². The third kappa shape index (κ3) is 3.31. The summed E-state index contributed by atoms with van der Waals surface area (Å²) in [5.74, 6) is -5.38. The van der Waals surface area contributed by atoms with E-state index in [4.69, 9.17) is 5.73 Å². The number of benzene rings is 2. The summed E-state index contributed by atoms with van der Waals surface area (Å²) in [6.07, 6.45) is 0. The van der Waals surface area contributed by atoms with Gasteiger partial charge in [-0.25, -0.2) is 4.79 Å². The number of alkyl halides is 2. The first-order valence-corrected chi connectivity index (χ1v) is 6.92. The molecular formula is C17H17F2NO2. The van der Waals surface area contributed by atoms with E-state index in [0.29, 0.717) is 0 Å². The van der Waals surface area contributed by atoms with Crippen molar-refractivity contribution in [2.75, 3.05) is 6.61 Å². The molecule has 5 heteroatoms. The van der Waals surface area contributed by atoms with Crippen molar-refractivity contribution in [2.24, 2.45) is 5.73 Å². The van der Waals surface area contributed by atoms with Gasteiger partial charge in [0.05, 0.1) is 6.61 Å². The lowest BCUT2D eigenvalue weighted by Crippen LogP contribution is -2.41. The monoisotopic (exact) mass is 305 g/mol. The fraction of sp³-hybridized carbons (Fsp3) is 0.235. The van der Waals surface area contributed by atoms with E-state index in [-0.39, 0.29) is 12.2 Å². The summed E-state index contributed by atoms with van der Waals surface area (Å²) < 4.78 is 32.4. The van der Waals surface area contributed by atoms with Gasteiger partial charge in [0.25, 0.3) is 0 Å². The van der Waals surface area contributed by atoms with Gasteiger partial charge in [-0.15, -0.1) is 0 Å². The second-order valence-corrected chi connectivity index (χ2v) is 4.81. The number of ether oxygens (including phenoxy) is 1. The van der Waals surface area contributed by atoms with E-state index >= 15 is 0 Å². The van der Waals surface area contributed by atoms with E-state index in [2.05, 4.69) is 4.74 Å². The van der Waals surface area contributed by atoms with Crippen LogP contribution in [0.1, 0.15) is 18.5 Å². The molecule has 116 valence electrons. The van der Waals surface area contributed by atoms with Crippen LogP contribution in [0.5, 0.6) is 0 Å². The minimum Gasteiger partial charge on any atom is -0.462 e. The van der Waals surface area contributed by atoms with E-state index in [0.717, 1.165) is 11.1 Å². The van der Waals surface area contributed by atoms with E-state index in [9.17, 15) is 13.6 Å². The lowest BCUT2D eigenvalue weighted by Gasteiger charge is -2.22. The Morgan fingerprint density at radius 3 is 2.41 bits per heavy atom. The standard InChI is InChI=1S/C17H17F2NO2/c1-2-22-16(21)17(18,19)15(20)14-10-6-9-13(11-14)12-7-4-3-5-8-12/h3-11,15H,2,20H2,1H3/t15-/m0/s1. The smallest absolute Gasteiger partial charge is 0.379 e. The molecule has 0 aliphatic rings. The van der Waals surface area contributed by atoms with Crippen LogP contribution in [0.25, 0.3) is 11.1 Å². The van der Waals surface area contributed by atoms with Crippen molar-refractivity contribution in [3.05, 3.63) is 60.2 Å². The van der Waals surface area contributed by atoms with Crippen LogP contribution in [0, 0.1) is 0 Å². The molecule has 0 aromatic heterocycles. The molecule has 0 bridgehead atoms. The first-order chi connectivity index (χ1) is 10.5. The van der Waals surface area contributed by atoms with Crippen molar-refractivity contribution >= 4 is 5.97 Å². The molecule has 0 radical (unpaired) electrons. The van der Waals surface area contributed by atoms with Crippen LogP contribution in [0.15, 0.2) is 54.6 Å². The Morgan fingerprint density at radius 1 is 1.14 bits per heavy atom. The molecule has 2 N–H and O–H groups in total. The molecule has 1 atom stereocenters. The van der Waals surface area contributed by atoms with Gasteiger partial charge in [0.2, 0.25) is 0 Å². The van der Waals surface area contributed by atoms with E-state index < -0.39 is 17.9 Å². The maximum atomic E-state index is 14.0. The summed E-state index contributed by atoms with van der Waals surface area (Å²) in [7, 11) is 0. The minimum absolute atomic E-state index is 0.120. The largest absolute Gasteiger partial charge is 0.462 e. The Balaban J connectivity index is 2.31. The molecular weight excluding hydrogens is 288 g/mol. The fourth-order valence-electron chi connectivity index (χ4n) is 2.11. The van der Waals surface area contributed by atoms with Crippen LogP contribution in [-0.4, -0.2) is 18.5 Å². The van der Waals surface area contributed by atoms with Gasteiger partial charge < -0.3 is 10.5 Å². The van der Waals surface area contributed by atoms with Gasteiger partial charge in [-0.1, -0.05) is 48.5 Å². The van der Waals surface area contributed by atoms with E-state index in [1.165, 1.54) is 13.0 Å². The van der Waals surface area contributed by atoms with Crippen molar-refractivity contribution < 1.29 is 18.3 Å². The number of carbonyl (C=O) groups excluding carboxylic acids is 1. The Kier molecular flexibility index (Phi) is 4.88. The maximum absolute atomic E-state index is 14.0. The van der Waals surface area contributed by atoms with Crippen molar-refractivity contribution in [2.45, 2.75) is 18.9 Å². The topological polar surface area (TPSA) is 52.3 Å². The third-order valence-electron chi connectivity index (χ3n) is 3.29. The number of esters is 1. The first kappa shape index (κ1) is 16.1. The molecule has 0 heterocycles. The summed E-state index contributed by atoms with van der Waals surface area (Å²) in [6.45, 7) is 1.35. The molecule has 0 aliphatic carbocycles. The molecule has 0 saturated heterocycles. The van der Waals surface area contributed by atoms with Crippen molar-refractivity contribution in [3.8, 4) is 11.1 Å². The van der Waals surface area contributed by atoms with Crippen molar-refractivity contribution in [1.82, 2.24) is 0 Å². The highest BCUT2D eigenvalue weighted by molar-refractivity contribution is 5.79.